The number of amides is 2. The molecule has 6 unspecified atom stereocenters. The topological polar surface area (TPSA) is 572 Å². The molecular weight excluding hydrogens is 1660 g/mol. The van der Waals surface area contributed by atoms with Crippen LogP contribution in [-0.4, -0.2) is 176 Å². The molecule has 54 heteroatoms. The molecule has 21 atom stereocenters. The molecule has 12 heterocycles. The molecule has 109 heavy (non-hydrogen) atoms. The van der Waals surface area contributed by atoms with Gasteiger partial charge < -0.3 is 131 Å². The van der Waals surface area contributed by atoms with Crippen molar-refractivity contribution in [1.29, 1.82) is 0 Å². The maximum atomic E-state index is 14.7. The molecule has 0 saturated carbocycles. The third-order valence-corrected chi connectivity index (χ3v) is 26.5. The maximum Gasteiger partial charge on any atom is 0.330 e. The highest BCUT2D eigenvalue weighted by Crippen LogP contribution is 2.55. The number of aromatic amines is 4. The normalized spacial score (nSPS) is 30.1. The van der Waals surface area contributed by atoms with Crippen molar-refractivity contribution < 1.29 is 93.0 Å². The minimum absolute atomic E-state index is 0.0209. The number of rotatable bonds is 31. The van der Waals surface area contributed by atoms with Gasteiger partial charge in [-0.2, -0.15) is 9.97 Å². The molecule has 600 valence electrons. The zero-order chi connectivity index (χ0) is 78.7. The Bertz CT molecular complexity index is 5090. The summed E-state index contributed by atoms with van der Waals surface area (Å²) in [6, 6.07) is -0.499. The van der Waals surface area contributed by atoms with Crippen molar-refractivity contribution >= 4 is 145 Å². The van der Waals surface area contributed by atoms with Crippen molar-refractivity contribution in [3.05, 3.63) is 111 Å². The van der Waals surface area contributed by atoms with Crippen molar-refractivity contribution in [3.63, 3.8) is 0 Å². The quantitative estimate of drug-likeness (QED) is 0.0205. The molecule has 0 spiro atoms. The SMILES string of the molecule is Cc1cn([C@H]2C[C@@H](OP(=O)([S-])OC[C@H]3O[C@@H](n4cnc5c(=O)[nH]c(N)nc54)C[C@H]3OP([O-])(=S)OC[C@H]3O[C@@H](n4cc(C)c(=O)[nH]c4=O)C[C@H]3OP([O-])(=S)OC[C@H]3O[C@@H](N4C=CC(N)NC4=O)C[C@H]3C(C)C)[C@@H](COP([O-])(=S)O[C@@H]3C[C@H](n4cnc5c(=O)[nH]c(N)nc54)O[C@@H]3COP(=S)([S-])OC(C)C)O2)c(=O)[nH]c1=O. The number of nitrogens with zero attached hydrogens (tertiary/aromatic N) is 9. The van der Waals surface area contributed by atoms with Gasteiger partial charge in [0, 0.05) is 55.4 Å². The number of hydrogen-bond acceptors (Lipinski definition) is 39. The van der Waals surface area contributed by atoms with Crippen LogP contribution in [0.1, 0.15) is 95.8 Å². The summed E-state index contributed by atoms with van der Waals surface area (Å²) in [5.74, 6) is -0.811. The number of carbonyl (C=O) groups is 1. The van der Waals surface area contributed by atoms with E-state index in [-0.39, 0.29) is 96.1 Å². The van der Waals surface area contributed by atoms with Crippen LogP contribution in [0.25, 0.3) is 22.3 Å². The van der Waals surface area contributed by atoms with Gasteiger partial charge in [-0.1, -0.05) is 61.1 Å². The summed E-state index contributed by atoms with van der Waals surface area (Å²) >= 11 is 32.8. The molecule has 6 aliphatic rings. The molecule has 2 amide bonds. The Balaban J connectivity index is 0.755. The molecule has 6 aromatic rings. The van der Waals surface area contributed by atoms with Crippen LogP contribution in [0.2, 0.25) is 0 Å². The molecule has 43 nitrogen and oxygen atoms in total. The molecule has 11 N–H and O–H groups in total. The summed E-state index contributed by atoms with van der Waals surface area (Å²) in [5.41, 5.74) is 9.51. The van der Waals surface area contributed by atoms with Gasteiger partial charge in [-0.15, -0.1) is 0 Å². The fourth-order valence-corrected chi connectivity index (χ4v) is 21.0. The predicted octanol–water partition coefficient (Wildman–Crippen LogP) is -0.275. The van der Waals surface area contributed by atoms with E-state index in [0.29, 0.717) is 6.42 Å². The first-order chi connectivity index (χ1) is 51.2. The number of urea groups is 1. The Kier molecular flexibility index (Phi) is 25.9. The van der Waals surface area contributed by atoms with Gasteiger partial charge in [-0.25, -0.2) is 24.4 Å². The third kappa shape index (κ3) is 20.2. The van der Waals surface area contributed by atoms with Crippen LogP contribution in [-0.2, 0) is 145 Å². The number of imidazole rings is 2. The van der Waals surface area contributed by atoms with Crippen molar-refractivity contribution in [2.75, 3.05) is 44.5 Å². The van der Waals surface area contributed by atoms with E-state index in [1.807, 2.05) is 13.8 Å². The number of hydrogen-bond donors (Lipinski definition) is 8. The minimum atomic E-state index is -4.92. The van der Waals surface area contributed by atoms with Gasteiger partial charge in [-0.05, 0) is 52.0 Å². The van der Waals surface area contributed by atoms with Crippen LogP contribution >= 0.6 is 32.6 Å². The van der Waals surface area contributed by atoms with Crippen LogP contribution in [0.4, 0.5) is 16.7 Å². The number of fused-ring (bicyclic) bond motifs is 2. The molecule has 5 fully saturated rings. The van der Waals surface area contributed by atoms with Gasteiger partial charge in [-0.3, -0.25) is 66.8 Å². The summed E-state index contributed by atoms with van der Waals surface area (Å²) in [6.45, 7) is -12.2. The first-order valence-corrected chi connectivity index (χ1v) is 47.1. The lowest BCUT2D eigenvalue weighted by molar-refractivity contribution is -0.219. The minimum Gasteiger partial charge on any atom is -0.780 e. The number of H-pyrrole nitrogens is 4. The number of nitrogen functional groups attached to an aromatic ring is 2. The first kappa shape index (κ1) is 83.9. The van der Waals surface area contributed by atoms with Crippen LogP contribution < -0.4 is 70.8 Å². The van der Waals surface area contributed by atoms with Crippen LogP contribution in [0.3, 0.4) is 0 Å². The van der Waals surface area contributed by atoms with Crippen molar-refractivity contribution in [1.82, 2.24) is 68.4 Å². The average molecular weight is 1740 g/mol. The average Bonchev–Trinajstić information content (AvgIpc) is 1.76. The van der Waals surface area contributed by atoms with E-state index >= 15 is 0 Å². The summed E-state index contributed by atoms with van der Waals surface area (Å²) < 4.78 is 110. The zero-order valence-electron chi connectivity index (χ0n) is 58.0. The van der Waals surface area contributed by atoms with Gasteiger partial charge >= 0.3 is 17.4 Å². The molecule has 5 saturated heterocycles. The van der Waals surface area contributed by atoms with Gasteiger partial charge in [0.25, 0.3) is 22.2 Å². The van der Waals surface area contributed by atoms with Gasteiger partial charge in [0.15, 0.2) is 29.1 Å². The zero-order valence-corrected chi connectivity index (χ0v) is 67.4. The number of aromatic nitrogens is 12. The largest absolute Gasteiger partial charge is 0.780 e. The van der Waals surface area contributed by atoms with Crippen molar-refractivity contribution in [2.45, 2.75) is 172 Å². The van der Waals surface area contributed by atoms with Gasteiger partial charge in [0.1, 0.15) is 75.7 Å². The molecule has 0 aliphatic carbocycles. The number of aryl methyl sites for hydroxylation is 2. The number of anilines is 2. The Morgan fingerprint density at radius 1 is 0.550 bits per heavy atom. The monoisotopic (exact) mass is 1730 g/mol. The van der Waals surface area contributed by atoms with E-state index in [4.69, 9.17) is 158 Å². The van der Waals surface area contributed by atoms with E-state index in [2.05, 4.69) is 45.2 Å². The Morgan fingerprint density at radius 2 is 0.936 bits per heavy atom. The van der Waals surface area contributed by atoms with Gasteiger partial charge in [0.05, 0.1) is 94.2 Å². The van der Waals surface area contributed by atoms with Crippen molar-refractivity contribution in [3.8, 4) is 0 Å². The Morgan fingerprint density at radius 3 is 1.35 bits per heavy atom. The molecule has 6 aromatic heterocycles. The number of carbonyl (C=O) groups excluding carboxylic acids is 1. The fraction of sp³-hybridized carbons (Fsp3) is 0.618. The summed E-state index contributed by atoms with van der Waals surface area (Å²) in [5, 5.41) is 2.60. The lowest BCUT2D eigenvalue weighted by Gasteiger charge is -2.36. The van der Waals surface area contributed by atoms with Gasteiger partial charge in [0.2, 0.25) is 11.9 Å². The molecule has 0 aromatic carbocycles. The van der Waals surface area contributed by atoms with E-state index < -0.39 is 190 Å². The summed E-state index contributed by atoms with van der Waals surface area (Å²) in [4.78, 5) is 161. The van der Waals surface area contributed by atoms with Crippen LogP contribution in [0.5, 0.6) is 0 Å². The summed E-state index contributed by atoms with van der Waals surface area (Å²) in [7, 11) is 0. The second kappa shape index (κ2) is 33.7. The smallest absolute Gasteiger partial charge is 0.330 e. The van der Waals surface area contributed by atoms with E-state index in [9.17, 15) is 52.8 Å². The lowest BCUT2D eigenvalue weighted by atomic mass is 9.89. The fourth-order valence-electron chi connectivity index (χ4n) is 12.9. The highest BCUT2D eigenvalue weighted by atomic mass is 32.9. The maximum absolute atomic E-state index is 14.7. The lowest BCUT2D eigenvalue weighted by Crippen LogP contribution is -2.52. The van der Waals surface area contributed by atoms with E-state index in [1.54, 1.807) is 19.9 Å². The molecule has 6 aliphatic heterocycles. The molecular formula is C55H73N17O26P5S6-5. The van der Waals surface area contributed by atoms with E-state index in [1.165, 1.54) is 59.1 Å². The highest BCUT2D eigenvalue weighted by Gasteiger charge is 2.47. The Hall–Kier alpha value is -4.56. The van der Waals surface area contributed by atoms with Crippen LogP contribution in [0, 0.1) is 25.7 Å². The third-order valence-electron chi connectivity index (χ3n) is 18.0. The number of nitrogens with one attached hydrogen (secondary N) is 5. The summed E-state index contributed by atoms with van der Waals surface area (Å²) in [6.07, 6.45) is -11.7. The van der Waals surface area contributed by atoms with Crippen molar-refractivity contribution in [2.24, 2.45) is 17.6 Å². The Labute approximate surface area is 646 Å². The second-order valence-corrected chi connectivity index (χ2v) is 42.2. The number of nitrogens with two attached hydrogens (primary N) is 3. The van der Waals surface area contributed by atoms with E-state index in [0.717, 1.165) is 9.13 Å². The molecule has 0 radical (unpaired) electrons. The first-order valence-electron chi connectivity index (χ1n) is 33.2. The predicted molar refractivity (Wildman–Crippen MR) is 395 cm³/mol. The van der Waals surface area contributed by atoms with Crippen LogP contribution in [0.15, 0.2) is 66.1 Å². The number of ether oxygens (including phenoxy) is 5. The molecule has 12 rings (SSSR count). The second-order valence-electron chi connectivity index (χ2n) is 26.4. The molecule has 0 bridgehead atoms. The highest BCUT2D eigenvalue weighted by molar-refractivity contribution is 8.51. The standard InChI is InChI=1S/C55H78N17O26P5S6/c1-23(2)27-9-38(68-8-7-37(56)61-53(68)77)89-32(27)16-84-99(80,104)95-28-10-39(69-14-25(5)47(73)66-54(69)78)90-33(28)17-85-101(82,106)97-30-12-41(71-21-59-43-45(71)62-51(57)64-49(43)75)92-35(30)19-87-100(81,105)96-29-11-40(70-15-26(6)48(74)67-55(70)79)91-34(29)18-86-102(83,107)98-31-13-42(93-36(31)20-88-103(108,109)94-24(3)4)72-22-60-44-46(72)63-52(58)65-50(44)76/h7-8,14-15,21-24,27-42H,9-13,16-20,56H2,1-6H3,(H,61,77)(H,80,104)(H,81,105)(H,82,106)(H,83,107)(H,108,109)(H,66,73,78)(H,67,74,79)(H3,57,62,64,75)(H3,58,63,65,76)/p-5/t27-,28+,29+,30+,31+,32+,33+,34+,35+,36+,37?,38+,39+,40+,41+,42+,99?,100?,101?,102?/m0/s1.